The zero-order valence-electron chi connectivity index (χ0n) is 39.3. The number of carbonyl (C=O) groups excluding carboxylic acids is 1. The summed E-state index contributed by atoms with van der Waals surface area (Å²) in [4.78, 5) is 27.4. The van der Waals surface area contributed by atoms with Crippen LogP contribution in [0.4, 0.5) is 32.2 Å². The number of nitriles is 1. The van der Waals surface area contributed by atoms with Gasteiger partial charge in [-0.2, -0.15) is 31.6 Å². The molecule has 0 aliphatic carbocycles. The van der Waals surface area contributed by atoms with E-state index in [2.05, 4.69) is 15.0 Å². The highest BCUT2D eigenvalue weighted by atomic mass is 31.2. The number of nitrogen functional groups attached to an aromatic ring is 1. The monoisotopic (exact) mass is 1010 g/mol. The molecule has 3 heterocycles. The Bertz CT molecular complexity index is 2450. The van der Waals surface area contributed by atoms with Crippen molar-refractivity contribution in [2.75, 3.05) is 40.0 Å². The second-order valence-corrected chi connectivity index (χ2v) is 18.0. The molecule has 1 aliphatic rings. The van der Waals surface area contributed by atoms with Gasteiger partial charge in [-0.05, 0) is 75.6 Å². The number of benzene rings is 3. The molecule has 2 aromatic heterocycles. The maximum atomic E-state index is 14.7. The third-order valence-corrected chi connectivity index (χ3v) is 13.5. The Morgan fingerprint density at radius 3 is 1.94 bits per heavy atom. The van der Waals surface area contributed by atoms with Crippen molar-refractivity contribution >= 4 is 31.3 Å². The number of halogens is 6. The van der Waals surface area contributed by atoms with E-state index in [0.29, 0.717) is 28.2 Å². The van der Waals surface area contributed by atoms with Crippen molar-refractivity contribution in [3.05, 3.63) is 108 Å². The summed E-state index contributed by atoms with van der Waals surface area (Å²) in [6.07, 6.45) is -16.8. The van der Waals surface area contributed by atoms with Crippen LogP contribution >= 0.6 is 8.53 Å². The van der Waals surface area contributed by atoms with E-state index in [-0.39, 0.29) is 42.1 Å². The van der Waals surface area contributed by atoms with Gasteiger partial charge in [0.05, 0.1) is 46.3 Å². The summed E-state index contributed by atoms with van der Waals surface area (Å²) in [5, 5.41) is 9.53. The molecule has 5 aromatic rings. The average molecular weight is 1010 g/mol. The Kier molecular flexibility index (Phi) is 17.8. The smallest absolute Gasteiger partial charge is 0.402 e. The summed E-state index contributed by atoms with van der Waals surface area (Å²) < 4.78 is 135. The second kappa shape index (κ2) is 23.2. The van der Waals surface area contributed by atoms with Crippen LogP contribution in [0.1, 0.15) is 64.0 Å². The number of Topliss-reactive ketones (excluding diaryl/α,β-unsaturated/α-hetero) is 1. The fourth-order valence-electron chi connectivity index (χ4n) is 8.15. The van der Waals surface area contributed by atoms with E-state index >= 15 is 0 Å². The number of ether oxygens (including phenoxy) is 6. The number of rotatable bonds is 23. The number of ketones is 1. The molecule has 16 nitrogen and oxygen atoms in total. The van der Waals surface area contributed by atoms with Crippen LogP contribution in [0.3, 0.4) is 0 Å². The lowest BCUT2D eigenvalue weighted by Crippen LogP contribution is -2.50. The second-order valence-electron chi connectivity index (χ2n) is 16.6. The van der Waals surface area contributed by atoms with Crippen LogP contribution in [0.2, 0.25) is 0 Å². The molecule has 378 valence electrons. The number of nitrogens with zero attached hydrogens (tertiary/aromatic N) is 6. The highest BCUT2D eigenvalue weighted by molar-refractivity contribution is 7.44. The first-order valence-electron chi connectivity index (χ1n) is 22.0. The highest BCUT2D eigenvalue weighted by Gasteiger charge is 2.58. The molecular formula is C47H54F6N7O9P. The first-order chi connectivity index (χ1) is 33.3. The number of hydrogen-bond acceptors (Lipinski definition) is 15. The summed E-state index contributed by atoms with van der Waals surface area (Å²) in [6.45, 7) is 5.63. The Labute approximate surface area is 401 Å². The van der Waals surface area contributed by atoms with E-state index in [1.807, 2.05) is 50.6 Å². The van der Waals surface area contributed by atoms with Crippen molar-refractivity contribution in [1.29, 1.82) is 5.26 Å². The number of anilines is 1. The Hall–Kier alpha value is -5.50. The van der Waals surface area contributed by atoms with E-state index in [9.17, 15) is 36.4 Å². The largest absolute Gasteiger partial charge is 0.497 e. The van der Waals surface area contributed by atoms with Crippen LogP contribution in [0.25, 0.3) is 11.2 Å². The quantitative estimate of drug-likeness (QED) is 0.0214. The van der Waals surface area contributed by atoms with Crippen LogP contribution in [-0.2, 0) is 38.4 Å². The van der Waals surface area contributed by atoms with Gasteiger partial charge in [-0.1, -0.05) is 54.6 Å². The summed E-state index contributed by atoms with van der Waals surface area (Å²) >= 11 is 0. The molecule has 1 saturated heterocycles. The first kappa shape index (κ1) is 53.8. The van der Waals surface area contributed by atoms with Gasteiger partial charge in [-0.15, -0.1) is 0 Å². The number of carbonyl (C=O) groups is 1. The lowest BCUT2D eigenvalue weighted by atomic mass is 9.79. The van der Waals surface area contributed by atoms with Gasteiger partial charge in [0.15, 0.2) is 29.4 Å². The normalized spacial score (nSPS) is 18.7. The maximum absolute atomic E-state index is 14.7. The van der Waals surface area contributed by atoms with Crippen molar-refractivity contribution in [2.45, 2.75) is 102 Å². The van der Waals surface area contributed by atoms with Gasteiger partial charge in [0, 0.05) is 12.1 Å². The predicted octanol–water partition coefficient (Wildman–Crippen LogP) is 9.05. The third kappa shape index (κ3) is 12.0. The molecule has 6 rings (SSSR count). The van der Waals surface area contributed by atoms with Gasteiger partial charge < -0.3 is 43.2 Å². The Morgan fingerprint density at radius 2 is 1.43 bits per heavy atom. The van der Waals surface area contributed by atoms with Crippen LogP contribution in [0.5, 0.6) is 11.5 Å². The maximum Gasteiger partial charge on any atom is 0.402 e. The molecule has 0 amide bonds. The van der Waals surface area contributed by atoms with E-state index in [0.717, 1.165) is 6.33 Å². The number of methoxy groups -OCH3 is 2. The summed E-state index contributed by atoms with van der Waals surface area (Å²) in [6, 6.07) is 24.4. The van der Waals surface area contributed by atoms with Gasteiger partial charge >= 0.3 is 12.4 Å². The van der Waals surface area contributed by atoms with E-state index in [4.69, 9.17) is 43.2 Å². The van der Waals surface area contributed by atoms with E-state index in [1.165, 1.54) is 32.0 Å². The SMILES string of the molecule is COc1ccc(C(OC(C(C)=O)[C@H]2O[C@@H](n3cnc4c(N)ncnc43)[C@H](OCOCC(C(F)(F)F)C(F)(F)F)[C@@H]2OP(OCCC#N)N(C(C)C)C(C)C)(c2ccccc2)c2ccc(OC)cc2)cc1. The summed E-state index contributed by atoms with van der Waals surface area (Å²) in [5.74, 6) is -3.45. The molecule has 1 fully saturated rings. The van der Waals surface area contributed by atoms with Crippen molar-refractivity contribution in [3.63, 3.8) is 0 Å². The van der Waals surface area contributed by atoms with E-state index in [1.54, 1.807) is 66.7 Å². The molecule has 6 atom stereocenters. The summed E-state index contributed by atoms with van der Waals surface area (Å²) in [7, 11) is 0.764. The lowest BCUT2D eigenvalue weighted by Gasteiger charge is -2.41. The standard InChI is InChI=1S/C47H54F6N7O9P/c1-28(2)60(29(3)4)70(66-23-11-22-54)69-40-39(67-44(59-26-58-37-42(55)56-25-57-43(37)59)41(40)65-27-64-24-36(46(48,49)50)47(51,52)53)38(30(5)61)68-45(31-12-9-8-10-13-31,32-14-18-34(62-6)19-15-32)33-16-20-35(63-7)21-17-33/h8-10,12-21,25-26,28-29,36,38-41,44H,11,23-24,27H2,1-7H3,(H2,55,56,57)/t38?,39-,40-,41-,44-,70?/m1/s1. The zero-order chi connectivity index (χ0) is 51.0. The van der Waals surface area contributed by atoms with Gasteiger partial charge in [-0.25, -0.2) is 19.6 Å². The van der Waals surface area contributed by atoms with Crippen LogP contribution in [-0.4, -0.2) is 113 Å². The number of imidazole rings is 1. The molecule has 0 bridgehead atoms. The van der Waals surface area contributed by atoms with Crippen LogP contribution in [0, 0.1) is 17.2 Å². The molecule has 23 heteroatoms. The zero-order valence-corrected chi connectivity index (χ0v) is 40.2. The number of hydrogen-bond donors (Lipinski definition) is 1. The number of nitrogens with two attached hydrogens (primary N) is 1. The van der Waals surface area contributed by atoms with Gasteiger partial charge in [0.25, 0.3) is 8.53 Å². The number of alkyl halides is 6. The van der Waals surface area contributed by atoms with Crippen LogP contribution < -0.4 is 15.2 Å². The molecule has 3 aromatic carbocycles. The Balaban J connectivity index is 1.58. The average Bonchev–Trinajstić information content (AvgIpc) is 3.90. The number of aromatic nitrogens is 4. The van der Waals surface area contributed by atoms with Crippen molar-refractivity contribution < 1.29 is 68.6 Å². The van der Waals surface area contributed by atoms with Crippen molar-refractivity contribution in [1.82, 2.24) is 24.2 Å². The Morgan fingerprint density at radius 1 is 0.857 bits per heavy atom. The van der Waals surface area contributed by atoms with Crippen LogP contribution in [0.15, 0.2) is 91.5 Å². The topological polar surface area (TPSA) is 188 Å². The molecule has 70 heavy (non-hydrogen) atoms. The predicted molar refractivity (Wildman–Crippen MR) is 243 cm³/mol. The minimum absolute atomic E-state index is 0.0345. The molecule has 2 N–H and O–H groups in total. The van der Waals surface area contributed by atoms with Crippen molar-refractivity contribution in [3.8, 4) is 17.6 Å². The fraction of sp³-hybridized carbons (Fsp3) is 0.468. The van der Waals surface area contributed by atoms with Gasteiger partial charge in [0.2, 0.25) is 0 Å². The van der Waals surface area contributed by atoms with Gasteiger partial charge in [-0.3, -0.25) is 9.36 Å². The minimum Gasteiger partial charge on any atom is -0.497 e. The molecule has 0 radical (unpaired) electrons. The molecular weight excluding hydrogens is 952 g/mol. The number of fused-ring (bicyclic) bond motifs is 1. The molecule has 0 spiro atoms. The highest BCUT2D eigenvalue weighted by Crippen LogP contribution is 2.53. The minimum atomic E-state index is -5.71. The fourth-order valence-corrected chi connectivity index (χ4v) is 9.90. The van der Waals surface area contributed by atoms with Gasteiger partial charge in [0.1, 0.15) is 60.2 Å². The molecule has 1 aliphatic heterocycles. The van der Waals surface area contributed by atoms with E-state index < -0.39 is 82.2 Å². The van der Waals surface area contributed by atoms with Crippen molar-refractivity contribution in [2.24, 2.45) is 5.92 Å². The third-order valence-electron chi connectivity index (χ3n) is 11.4. The first-order valence-corrected chi connectivity index (χ1v) is 23.1. The summed E-state index contributed by atoms with van der Waals surface area (Å²) in [5.41, 5.74) is 6.29. The molecule has 0 saturated carbocycles. The molecule has 2 unspecified atom stereocenters. The lowest BCUT2D eigenvalue weighted by molar-refractivity contribution is -0.299.